The summed E-state index contributed by atoms with van der Waals surface area (Å²) in [7, 11) is 5.63. The second-order valence-corrected chi connectivity index (χ2v) is 7.92. The van der Waals surface area contributed by atoms with E-state index in [-0.39, 0.29) is 11.8 Å². The van der Waals surface area contributed by atoms with Gasteiger partial charge in [-0.25, -0.2) is 4.90 Å². The summed E-state index contributed by atoms with van der Waals surface area (Å²) in [4.78, 5) is 32.2. The molecule has 5 nitrogen and oxygen atoms in total. The van der Waals surface area contributed by atoms with E-state index in [9.17, 15) is 9.59 Å². The highest BCUT2D eigenvalue weighted by Crippen LogP contribution is 2.37. The van der Waals surface area contributed by atoms with Gasteiger partial charge in [0.05, 0.1) is 11.3 Å². The van der Waals surface area contributed by atoms with Gasteiger partial charge >= 0.3 is 0 Å². The van der Waals surface area contributed by atoms with Crippen molar-refractivity contribution >= 4 is 46.1 Å². The maximum Gasteiger partial charge on any atom is 0.282 e. The fourth-order valence-corrected chi connectivity index (χ4v) is 3.76. The molecule has 4 rings (SSSR count). The first kappa shape index (κ1) is 20.7. The number of anilines is 3. The van der Waals surface area contributed by atoms with Crippen molar-refractivity contribution in [3.63, 3.8) is 0 Å². The van der Waals surface area contributed by atoms with Crippen LogP contribution < -0.4 is 14.7 Å². The molecule has 0 saturated carbocycles. The van der Waals surface area contributed by atoms with E-state index in [0.29, 0.717) is 27.5 Å². The Morgan fingerprint density at radius 1 is 0.742 bits per heavy atom. The molecule has 0 aliphatic carbocycles. The number of likely N-dealkylation sites (N-methyl/N-ethyl adjacent to an activating group) is 1. The average molecular weight is 432 g/mol. The highest BCUT2D eigenvalue weighted by molar-refractivity contribution is 6.46. The van der Waals surface area contributed by atoms with Gasteiger partial charge in [0, 0.05) is 37.5 Å². The van der Waals surface area contributed by atoms with E-state index in [1.165, 1.54) is 4.90 Å². The summed E-state index contributed by atoms with van der Waals surface area (Å²) in [5.74, 6) is -0.724. The van der Waals surface area contributed by atoms with Crippen LogP contribution in [0.1, 0.15) is 5.56 Å². The molecule has 3 aromatic carbocycles. The van der Waals surface area contributed by atoms with Crippen LogP contribution >= 0.6 is 11.6 Å². The van der Waals surface area contributed by atoms with Gasteiger partial charge in [-0.1, -0.05) is 48.0 Å². The van der Waals surface area contributed by atoms with Crippen LogP contribution in [0.15, 0.2) is 84.6 Å². The van der Waals surface area contributed by atoms with E-state index < -0.39 is 0 Å². The summed E-state index contributed by atoms with van der Waals surface area (Å²) < 4.78 is 0. The summed E-state index contributed by atoms with van der Waals surface area (Å²) in [6, 6.07) is 23.9. The number of halogens is 1. The largest absolute Gasteiger partial charge is 0.378 e. The van der Waals surface area contributed by atoms with Crippen molar-refractivity contribution in [2.75, 3.05) is 35.8 Å². The van der Waals surface area contributed by atoms with E-state index in [1.807, 2.05) is 67.5 Å². The topological polar surface area (TPSA) is 43.9 Å². The molecule has 0 bridgehead atoms. The number of imide groups is 1. The number of benzene rings is 3. The van der Waals surface area contributed by atoms with Crippen molar-refractivity contribution < 1.29 is 9.59 Å². The Bertz CT molecular complexity index is 1170. The number of amides is 2. The predicted octanol–water partition coefficient (Wildman–Crippen LogP) is 4.83. The Labute approximate surface area is 186 Å². The monoisotopic (exact) mass is 431 g/mol. The Balaban J connectivity index is 1.86. The molecule has 0 radical (unpaired) electrons. The van der Waals surface area contributed by atoms with Crippen molar-refractivity contribution in [3.8, 4) is 0 Å². The molecule has 0 fully saturated rings. The number of hydrogen-bond donors (Lipinski definition) is 0. The average Bonchev–Trinajstić information content (AvgIpc) is 3.04. The van der Waals surface area contributed by atoms with Crippen LogP contribution in [0.2, 0.25) is 5.02 Å². The molecule has 31 heavy (non-hydrogen) atoms. The Morgan fingerprint density at radius 3 is 2.03 bits per heavy atom. The summed E-state index contributed by atoms with van der Waals surface area (Å²) in [6.45, 7) is 0. The van der Waals surface area contributed by atoms with Gasteiger partial charge in [-0.15, -0.1) is 0 Å². The molecule has 6 heteroatoms. The maximum atomic E-state index is 13.6. The molecule has 0 unspecified atom stereocenters. The quantitative estimate of drug-likeness (QED) is 0.543. The number of rotatable bonds is 5. The zero-order valence-electron chi connectivity index (χ0n) is 17.5. The van der Waals surface area contributed by atoms with E-state index in [4.69, 9.17) is 11.6 Å². The van der Waals surface area contributed by atoms with Crippen LogP contribution in [0.3, 0.4) is 0 Å². The molecule has 2 amide bonds. The smallest absolute Gasteiger partial charge is 0.282 e. The summed E-state index contributed by atoms with van der Waals surface area (Å²) in [5.41, 5.74) is 3.57. The normalized spacial score (nSPS) is 13.7. The first-order valence-corrected chi connectivity index (χ1v) is 10.2. The molecule has 156 valence electrons. The molecular formula is C25H22ClN3O2. The molecule has 0 aromatic heterocycles. The Hall–Kier alpha value is -3.57. The van der Waals surface area contributed by atoms with Gasteiger partial charge in [0.2, 0.25) is 0 Å². The van der Waals surface area contributed by atoms with Crippen LogP contribution in [0.4, 0.5) is 17.1 Å². The van der Waals surface area contributed by atoms with Crippen molar-refractivity contribution in [1.82, 2.24) is 0 Å². The van der Waals surface area contributed by atoms with Crippen LogP contribution in [0.25, 0.3) is 5.57 Å². The molecule has 0 saturated heterocycles. The van der Waals surface area contributed by atoms with Crippen molar-refractivity contribution in [3.05, 3.63) is 95.1 Å². The first-order chi connectivity index (χ1) is 14.9. The van der Waals surface area contributed by atoms with Crippen molar-refractivity contribution in [2.45, 2.75) is 0 Å². The molecule has 1 aliphatic heterocycles. The maximum absolute atomic E-state index is 13.6. The lowest BCUT2D eigenvalue weighted by Gasteiger charge is -2.22. The lowest BCUT2D eigenvalue weighted by Crippen LogP contribution is -2.34. The minimum absolute atomic E-state index is 0.328. The van der Waals surface area contributed by atoms with E-state index >= 15 is 0 Å². The van der Waals surface area contributed by atoms with Crippen LogP contribution in [-0.2, 0) is 9.59 Å². The Kier molecular flexibility index (Phi) is 5.53. The third kappa shape index (κ3) is 3.80. The molecule has 0 spiro atoms. The predicted molar refractivity (Wildman–Crippen MR) is 126 cm³/mol. The van der Waals surface area contributed by atoms with Gasteiger partial charge < -0.3 is 9.80 Å². The van der Waals surface area contributed by atoms with Crippen LogP contribution in [0.5, 0.6) is 0 Å². The molecule has 1 heterocycles. The van der Waals surface area contributed by atoms with E-state index in [1.54, 1.807) is 42.3 Å². The van der Waals surface area contributed by atoms with Gasteiger partial charge in [0.1, 0.15) is 5.70 Å². The number of hydrogen-bond acceptors (Lipinski definition) is 4. The summed E-state index contributed by atoms with van der Waals surface area (Å²) in [5, 5.41) is 0.564. The first-order valence-electron chi connectivity index (χ1n) is 9.83. The second-order valence-electron chi connectivity index (χ2n) is 7.49. The fourth-order valence-electron chi connectivity index (χ4n) is 3.63. The Morgan fingerprint density at radius 2 is 1.39 bits per heavy atom. The lowest BCUT2D eigenvalue weighted by atomic mass is 10.0. The fraction of sp³-hybridized carbons (Fsp3) is 0.120. The molecule has 1 aliphatic rings. The third-order valence-electron chi connectivity index (χ3n) is 5.28. The van der Waals surface area contributed by atoms with E-state index in [2.05, 4.69) is 0 Å². The number of nitrogens with zero attached hydrogens (tertiary/aromatic N) is 3. The lowest BCUT2D eigenvalue weighted by molar-refractivity contribution is -0.120. The van der Waals surface area contributed by atoms with Gasteiger partial charge in [-0.05, 0) is 48.0 Å². The van der Waals surface area contributed by atoms with Gasteiger partial charge in [-0.3, -0.25) is 9.59 Å². The van der Waals surface area contributed by atoms with Crippen molar-refractivity contribution in [2.24, 2.45) is 0 Å². The standard InChI is InChI=1S/C25H22ClN3O2/c1-27(2)20-10-7-11-21(16-20)29-24(30)22(17-12-14-18(26)15-13-17)23(25(29)31)28(3)19-8-5-4-6-9-19/h4-16H,1-3H3. The summed E-state index contributed by atoms with van der Waals surface area (Å²) >= 11 is 6.06. The van der Waals surface area contributed by atoms with Crippen LogP contribution in [0, 0.1) is 0 Å². The van der Waals surface area contributed by atoms with Gasteiger partial charge in [-0.2, -0.15) is 0 Å². The highest BCUT2D eigenvalue weighted by Gasteiger charge is 2.42. The molecular weight excluding hydrogens is 410 g/mol. The zero-order valence-corrected chi connectivity index (χ0v) is 18.3. The van der Waals surface area contributed by atoms with Crippen LogP contribution in [-0.4, -0.2) is 33.0 Å². The minimum atomic E-state index is -0.364. The zero-order chi connectivity index (χ0) is 22.1. The number of carbonyl (C=O) groups excluding carboxylic acids is 2. The molecule has 0 atom stereocenters. The minimum Gasteiger partial charge on any atom is -0.378 e. The van der Waals surface area contributed by atoms with Gasteiger partial charge in [0.25, 0.3) is 11.8 Å². The van der Waals surface area contributed by atoms with E-state index in [0.717, 1.165) is 11.4 Å². The highest BCUT2D eigenvalue weighted by atomic mass is 35.5. The molecule has 0 N–H and O–H groups in total. The molecule has 3 aromatic rings. The SMILES string of the molecule is CN(C)c1cccc(N2C(=O)C(c3ccc(Cl)cc3)=C(N(C)c3ccccc3)C2=O)c1. The number of para-hydroxylation sites is 1. The third-order valence-corrected chi connectivity index (χ3v) is 5.53. The number of carbonyl (C=O) groups is 2. The second kappa shape index (κ2) is 8.28. The van der Waals surface area contributed by atoms with Crippen molar-refractivity contribution in [1.29, 1.82) is 0 Å². The summed E-state index contributed by atoms with van der Waals surface area (Å²) in [6.07, 6.45) is 0. The van der Waals surface area contributed by atoms with Gasteiger partial charge in [0.15, 0.2) is 0 Å².